The molecule has 1 aliphatic heterocycles. The molecule has 0 spiro atoms. The van der Waals surface area contributed by atoms with Gasteiger partial charge in [0.25, 0.3) is 0 Å². The molecule has 338 valence electrons. The zero-order valence-corrected chi connectivity index (χ0v) is 35.7. The van der Waals surface area contributed by atoms with Gasteiger partial charge >= 0.3 is 5.97 Å². The summed E-state index contributed by atoms with van der Waals surface area (Å²) in [6.45, 7) is 9.24. The number of nitrogens with zero attached hydrogens (tertiary/aromatic N) is 1. The van der Waals surface area contributed by atoms with Gasteiger partial charge in [0.15, 0.2) is 0 Å². The predicted octanol–water partition coefficient (Wildman–Crippen LogP) is -0.898. The number of phenolic OH excluding ortho intramolecular Hbond substituents is 1. The summed E-state index contributed by atoms with van der Waals surface area (Å²) in [5, 5.41) is 43.1. The predicted molar refractivity (Wildman–Crippen MR) is 224 cm³/mol. The van der Waals surface area contributed by atoms with Crippen molar-refractivity contribution in [1.82, 2.24) is 31.5 Å². The molecule has 0 aliphatic carbocycles. The summed E-state index contributed by atoms with van der Waals surface area (Å²) in [6.07, 6.45) is 2.39. The Bertz CT molecular complexity index is 1580. The number of aliphatic carboxylic acids is 1. The number of rotatable bonds is 26. The average Bonchev–Trinajstić information content (AvgIpc) is 3.70. The minimum Gasteiger partial charge on any atom is -0.508 e. The molecule has 0 unspecified atom stereocenters. The Morgan fingerprint density at radius 2 is 1.32 bits per heavy atom. The fraction of sp³-hybridized carbons (Fsp3) is 0.683. The molecule has 0 radical (unpaired) electrons. The maximum atomic E-state index is 14.2. The molecule has 14 N–H and O–H groups in total. The standard InChI is InChI=1S/C41H69N9O10/c1-6-24(4)33(40(58)50-21-11-14-31(50)37(55)46-30(41(59)60)22-26-15-17-27(52)18-16-26)48-38(56)32(23(2)3)47-36(54)29(13-8-10-20-43)45-39(57)34(25(5)51)49-35(53)28(44)12-7-9-19-42/h15-18,23-25,28-34,51-52H,6-14,19-22,42-44H2,1-5H3,(H,45,57)(H,46,55)(H,47,54)(H,48,56)(H,49,53)(H,59,60)/t24-,25+,28-,29-,30-,31-,32-,33-,34-/m0/s1. The monoisotopic (exact) mass is 848 g/mol. The van der Waals surface area contributed by atoms with Gasteiger partial charge in [-0.05, 0) is 94.5 Å². The third kappa shape index (κ3) is 16.0. The van der Waals surface area contributed by atoms with Crippen LogP contribution in [0.4, 0.5) is 0 Å². The van der Waals surface area contributed by atoms with Crippen LogP contribution in [0.1, 0.15) is 98.0 Å². The first kappa shape index (κ1) is 51.3. The summed E-state index contributed by atoms with van der Waals surface area (Å²) in [5.74, 6) is -6.27. The number of aliphatic hydroxyl groups excluding tert-OH is 1. The number of carbonyl (C=O) groups excluding carboxylic acids is 6. The zero-order valence-electron chi connectivity index (χ0n) is 35.7. The van der Waals surface area contributed by atoms with E-state index in [0.29, 0.717) is 63.6 Å². The average molecular weight is 848 g/mol. The van der Waals surface area contributed by atoms with Gasteiger partial charge in [0, 0.05) is 13.0 Å². The fourth-order valence-corrected chi connectivity index (χ4v) is 6.86. The lowest BCUT2D eigenvalue weighted by molar-refractivity contribution is -0.145. The number of benzene rings is 1. The highest BCUT2D eigenvalue weighted by atomic mass is 16.4. The molecule has 0 saturated carbocycles. The molecule has 0 bridgehead atoms. The van der Waals surface area contributed by atoms with Gasteiger partial charge in [-0.3, -0.25) is 28.8 Å². The number of hydrogen-bond acceptors (Lipinski definition) is 12. The number of hydrogen-bond donors (Lipinski definition) is 11. The van der Waals surface area contributed by atoms with Crippen LogP contribution < -0.4 is 43.8 Å². The summed E-state index contributed by atoms with van der Waals surface area (Å²) in [6, 6.07) is -2.28. The van der Waals surface area contributed by atoms with Crippen molar-refractivity contribution >= 4 is 41.4 Å². The van der Waals surface area contributed by atoms with E-state index < -0.39 is 102 Å². The van der Waals surface area contributed by atoms with Crippen molar-refractivity contribution in [1.29, 1.82) is 0 Å². The minimum atomic E-state index is -1.44. The highest BCUT2D eigenvalue weighted by Gasteiger charge is 2.41. The van der Waals surface area contributed by atoms with Crippen molar-refractivity contribution in [2.45, 2.75) is 147 Å². The Morgan fingerprint density at radius 3 is 1.87 bits per heavy atom. The highest BCUT2D eigenvalue weighted by Crippen LogP contribution is 2.23. The van der Waals surface area contributed by atoms with Crippen LogP contribution in [0.15, 0.2) is 24.3 Å². The van der Waals surface area contributed by atoms with Crippen LogP contribution in [0.25, 0.3) is 0 Å². The zero-order chi connectivity index (χ0) is 45.1. The molecule has 1 heterocycles. The smallest absolute Gasteiger partial charge is 0.326 e. The SMILES string of the molecule is CC[C@H](C)[C@H](NC(=O)[C@@H](NC(=O)[C@H](CCCCN)NC(=O)[C@@H](NC(=O)[C@@H](N)CCCCN)[C@@H](C)O)C(C)C)C(=O)N1CCC[C@H]1C(=O)N[C@@H](Cc1ccc(O)cc1)C(=O)O. The van der Waals surface area contributed by atoms with Crippen LogP contribution in [-0.2, 0) is 40.0 Å². The molecule has 60 heavy (non-hydrogen) atoms. The first-order chi connectivity index (χ1) is 28.4. The molecular formula is C41H69N9O10. The third-order valence-corrected chi connectivity index (χ3v) is 10.8. The summed E-state index contributed by atoms with van der Waals surface area (Å²) < 4.78 is 0. The normalized spacial score (nSPS) is 17.9. The number of aliphatic hydroxyl groups is 1. The van der Waals surface area contributed by atoms with Gasteiger partial charge in [-0.2, -0.15) is 0 Å². The molecule has 2 rings (SSSR count). The first-order valence-electron chi connectivity index (χ1n) is 21.0. The van der Waals surface area contributed by atoms with Gasteiger partial charge < -0.3 is 64.0 Å². The second-order valence-electron chi connectivity index (χ2n) is 16.0. The number of unbranched alkanes of at least 4 members (excludes halogenated alkanes) is 2. The highest BCUT2D eigenvalue weighted by molar-refractivity contribution is 5.97. The van der Waals surface area contributed by atoms with E-state index in [1.54, 1.807) is 32.9 Å². The molecule has 1 saturated heterocycles. The van der Waals surface area contributed by atoms with E-state index in [4.69, 9.17) is 17.2 Å². The number of phenols is 1. The Morgan fingerprint density at radius 1 is 0.750 bits per heavy atom. The second kappa shape index (κ2) is 25.7. The van der Waals surface area contributed by atoms with Gasteiger partial charge in [-0.25, -0.2) is 4.79 Å². The van der Waals surface area contributed by atoms with Gasteiger partial charge in [0.1, 0.15) is 42.0 Å². The van der Waals surface area contributed by atoms with Crippen molar-refractivity contribution < 1.29 is 48.9 Å². The summed E-state index contributed by atoms with van der Waals surface area (Å²) in [4.78, 5) is 95.4. The van der Waals surface area contributed by atoms with Crippen molar-refractivity contribution in [3.05, 3.63) is 29.8 Å². The first-order valence-corrected chi connectivity index (χ1v) is 21.0. The number of likely N-dealkylation sites (tertiary alicyclic amines) is 1. The van der Waals surface area contributed by atoms with Crippen molar-refractivity contribution in [2.75, 3.05) is 19.6 Å². The molecule has 1 aliphatic rings. The van der Waals surface area contributed by atoms with Gasteiger partial charge in [0.2, 0.25) is 35.4 Å². The maximum absolute atomic E-state index is 14.2. The van der Waals surface area contributed by atoms with E-state index >= 15 is 0 Å². The Hall–Kier alpha value is -4.85. The van der Waals surface area contributed by atoms with Crippen molar-refractivity contribution in [2.24, 2.45) is 29.0 Å². The summed E-state index contributed by atoms with van der Waals surface area (Å²) in [5.41, 5.74) is 17.8. The lowest BCUT2D eigenvalue weighted by atomic mass is 9.95. The molecule has 19 nitrogen and oxygen atoms in total. The number of aromatic hydroxyl groups is 1. The molecule has 9 atom stereocenters. The van der Waals surface area contributed by atoms with Crippen molar-refractivity contribution in [3.8, 4) is 5.75 Å². The summed E-state index contributed by atoms with van der Waals surface area (Å²) in [7, 11) is 0. The molecule has 1 aromatic rings. The van der Waals surface area contributed by atoms with E-state index in [1.165, 1.54) is 24.0 Å². The van der Waals surface area contributed by atoms with Crippen LogP contribution in [0.2, 0.25) is 0 Å². The van der Waals surface area contributed by atoms with E-state index in [9.17, 15) is 48.9 Å². The fourth-order valence-electron chi connectivity index (χ4n) is 6.86. The Kier molecular flexibility index (Phi) is 22.0. The molecule has 6 amide bonds. The Balaban J connectivity index is 2.25. The van der Waals surface area contributed by atoms with Crippen LogP contribution in [-0.4, -0.2) is 130 Å². The number of carboxylic acids is 1. The lowest BCUT2D eigenvalue weighted by Gasteiger charge is -2.33. The molecular weight excluding hydrogens is 779 g/mol. The van der Waals surface area contributed by atoms with Crippen molar-refractivity contribution in [3.63, 3.8) is 0 Å². The maximum Gasteiger partial charge on any atom is 0.326 e. The molecule has 1 aromatic carbocycles. The third-order valence-electron chi connectivity index (χ3n) is 10.8. The summed E-state index contributed by atoms with van der Waals surface area (Å²) >= 11 is 0. The van der Waals surface area contributed by atoms with E-state index in [2.05, 4.69) is 26.6 Å². The Labute approximate surface area is 352 Å². The van der Waals surface area contributed by atoms with Crippen LogP contribution >= 0.6 is 0 Å². The van der Waals surface area contributed by atoms with Gasteiger partial charge in [0.05, 0.1) is 12.1 Å². The number of nitrogens with two attached hydrogens (primary N) is 3. The topological polar surface area (TPSA) is 322 Å². The number of amides is 6. The molecule has 19 heteroatoms. The van der Waals surface area contributed by atoms with Crippen LogP contribution in [0.5, 0.6) is 5.75 Å². The largest absolute Gasteiger partial charge is 0.508 e. The van der Waals surface area contributed by atoms with E-state index in [1.807, 2.05) is 6.92 Å². The lowest BCUT2D eigenvalue weighted by Crippen LogP contribution is -2.62. The minimum absolute atomic E-state index is 0.00736. The van der Waals surface area contributed by atoms with Gasteiger partial charge in [-0.1, -0.05) is 52.7 Å². The van der Waals surface area contributed by atoms with Crippen LogP contribution in [0, 0.1) is 11.8 Å². The second-order valence-corrected chi connectivity index (χ2v) is 16.0. The quantitative estimate of drug-likeness (QED) is 0.0505. The van der Waals surface area contributed by atoms with Gasteiger partial charge in [-0.15, -0.1) is 0 Å². The number of carbonyl (C=O) groups is 7. The van der Waals surface area contributed by atoms with E-state index in [0.717, 1.165) is 0 Å². The number of nitrogens with one attached hydrogen (secondary N) is 5. The van der Waals surface area contributed by atoms with Crippen LogP contribution in [0.3, 0.4) is 0 Å². The molecule has 0 aromatic heterocycles. The van der Waals surface area contributed by atoms with E-state index in [-0.39, 0.29) is 31.6 Å². The number of carboxylic acid groups (broad SMARTS) is 1. The molecule has 1 fully saturated rings.